The number of ether oxygens (including phenoxy) is 2. The summed E-state index contributed by atoms with van der Waals surface area (Å²) < 4.78 is 10.9. The molecule has 0 unspecified atom stereocenters. The Bertz CT molecular complexity index is 477. The second kappa shape index (κ2) is 6.12. The van der Waals surface area contributed by atoms with Crippen molar-refractivity contribution >= 4 is 17.5 Å². The van der Waals surface area contributed by atoms with Gasteiger partial charge in [0.1, 0.15) is 13.2 Å². The van der Waals surface area contributed by atoms with Gasteiger partial charge < -0.3 is 20.5 Å². The van der Waals surface area contributed by atoms with E-state index < -0.39 is 6.04 Å². The van der Waals surface area contributed by atoms with Crippen molar-refractivity contribution in [3.8, 4) is 11.5 Å². The highest BCUT2D eigenvalue weighted by Gasteiger charge is 2.16. The smallest absolute Gasteiger partial charge is 0.236 e. The molecule has 6 heteroatoms. The molecule has 1 aliphatic heterocycles. The van der Waals surface area contributed by atoms with Crippen LogP contribution in [-0.4, -0.2) is 31.7 Å². The van der Waals surface area contributed by atoms with E-state index in [1.165, 1.54) is 0 Å². The number of nitrogens with two attached hydrogens (primary N) is 1. The normalized spacial score (nSPS) is 14.9. The van der Waals surface area contributed by atoms with Crippen LogP contribution in [0.1, 0.15) is 12.5 Å². The lowest BCUT2D eigenvalue weighted by atomic mass is 10.1. The number of carbonyl (C=O) groups excluding carboxylic acids is 1. The first-order valence-electron chi connectivity index (χ1n) is 6.19. The molecule has 1 aromatic carbocycles. The Morgan fingerprint density at radius 2 is 2.21 bits per heavy atom. The van der Waals surface area contributed by atoms with Crippen molar-refractivity contribution < 1.29 is 14.3 Å². The minimum absolute atomic E-state index is 0.163. The van der Waals surface area contributed by atoms with E-state index in [0.29, 0.717) is 42.7 Å². The average Bonchev–Trinajstić information content (AvgIpc) is 2.38. The summed E-state index contributed by atoms with van der Waals surface area (Å²) in [5.74, 6) is 1.09. The van der Waals surface area contributed by atoms with Crippen molar-refractivity contribution in [2.24, 2.45) is 5.73 Å². The third-order valence-corrected chi connectivity index (χ3v) is 3.06. The molecule has 0 aliphatic carbocycles. The van der Waals surface area contributed by atoms with E-state index >= 15 is 0 Å². The first-order chi connectivity index (χ1) is 9.08. The maximum Gasteiger partial charge on any atom is 0.236 e. The Balaban J connectivity index is 1.98. The van der Waals surface area contributed by atoms with Gasteiger partial charge in [-0.2, -0.15) is 0 Å². The molecule has 3 N–H and O–H groups in total. The fourth-order valence-corrected chi connectivity index (χ4v) is 2.09. The van der Waals surface area contributed by atoms with E-state index in [0.717, 1.165) is 5.56 Å². The zero-order valence-electron chi connectivity index (χ0n) is 10.7. The maximum atomic E-state index is 11.3. The average molecular weight is 285 g/mol. The molecule has 5 nitrogen and oxygen atoms in total. The standard InChI is InChI=1S/C13H17ClN2O3/c1-8(15)13(17)16-3-2-9-6-10(14)12-11(7-9)18-4-5-19-12/h6-8H,2-5,15H2,1H3,(H,16,17)/t8-/m0/s1. The quantitative estimate of drug-likeness (QED) is 0.869. The van der Waals surface area contributed by atoms with Crippen LogP contribution in [-0.2, 0) is 11.2 Å². The van der Waals surface area contributed by atoms with E-state index in [4.69, 9.17) is 26.8 Å². The Morgan fingerprint density at radius 3 is 2.95 bits per heavy atom. The molecule has 0 bridgehead atoms. The highest BCUT2D eigenvalue weighted by molar-refractivity contribution is 6.32. The van der Waals surface area contributed by atoms with Gasteiger partial charge >= 0.3 is 0 Å². The van der Waals surface area contributed by atoms with E-state index in [-0.39, 0.29) is 5.91 Å². The summed E-state index contributed by atoms with van der Waals surface area (Å²) in [4.78, 5) is 11.3. The van der Waals surface area contributed by atoms with Gasteiger partial charge in [0.15, 0.2) is 11.5 Å². The van der Waals surface area contributed by atoms with Gasteiger partial charge in [-0.1, -0.05) is 11.6 Å². The molecule has 104 valence electrons. The van der Waals surface area contributed by atoms with E-state index in [2.05, 4.69) is 5.32 Å². The van der Waals surface area contributed by atoms with Crippen LogP contribution in [0.2, 0.25) is 5.02 Å². The Morgan fingerprint density at radius 1 is 1.47 bits per heavy atom. The van der Waals surface area contributed by atoms with Crippen LogP contribution in [0.3, 0.4) is 0 Å². The Labute approximate surface area is 117 Å². The SMILES string of the molecule is C[C@H](N)C(=O)NCCc1cc(Cl)c2c(c1)OCCO2. The summed E-state index contributed by atoms with van der Waals surface area (Å²) in [6, 6.07) is 3.22. The second-order valence-corrected chi connectivity index (χ2v) is 4.84. The fourth-order valence-electron chi connectivity index (χ4n) is 1.80. The molecule has 0 saturated carbocycles. The monoisotopic (exact) mass is 284 g/mol. The topological polar surface area (TPSA) is 73.6 Å². The lowest BCUT2D eigenvalue weighted by Crippen LogP contribution is -2.39. The van der Waals surface area contributed by atoms with Gasteiger partial charge in [-0.3, -0.25) is 4.79 Å². The molecule has 1 aromatic rings. The number of nitrogens with one attached hydrogen (secondary N) is 1. The van der Waals surface area contributed by atoms with Gasteiger partial charge in [0, 0.05) is 6.54 Å². The first-order valence-corrected chi connectivity index (χ1v) is 6.57. The molecule has 2 rings (SSSR count). The molecule has 19 heavy (non-hydrogen) atoms. The zero-order valence-corrected chi connectivity index (χ0v) is 11.5. The van der Waals surface area contributed by atoms with Crippen LogP contribution in [0.25, 0.3) is 0 Å². The molecule has 1 amide bonds. The molecule has 1 atom stereocenters. The van der Waals surface area contributed by atoms with Crippen LogP contribution < -0.4 is 20.5 Å². The molecular formula is C13H17ClN2O3. The van der Waals surface area contributed by atoms with Gasteiger partial charge in [0.2, 0.25) is 5.91 Å². The maximum absolute atomic E-state index is 11.3. The van der Waals surface area contributed by atoms with Gasteiger partial charge in [-0.25, -0.2) is 0 Å². The largest absolute Gasteiger partial charge is 0.486 e. The zero-order chi connectivity index (χ0) is 13.8. The van der Waals surface area contributed by atoms with Crippen LogP contribution in [0.5, 0.6) is 11.5 Å². The summed E-state index contributed by atoms with van der Waals surface area (Å²) in [5.41, 5.74) is 6.45. The van der Waals surface area contributed by atoms with E-state index in [9.17, 15) is 4.79 Å². The number of carbonyl (C=O) groups is 1. The molecule has 0 fully saturated rings. The van der Waals surface area contributed by atoms with Gasteiger partial charge in [0.25, 0.3) is 0 Å². The van der Waals surface area contributed by atoms with Crippen molar-refractivity contribution in [2.45, 2.75) is 19.4 Å². The molecule has 0 spiro atoms. The number of hydrogen-bond acceptors (Lipinski definition) is 4. The highest BCUT2D eigenvalue weighted by atomic mass is 35.5. The van der Waals surface area contributed by atoms with Crippen molar-refractivity contribution in [1.82, 2.24) is 5.32 Å². The number of fused-ring (bicyclic) bond motifs is 1. The molecule has 1 aliphatic rings. The number of hydrogen-bond donors (Lipinski definition) is 2. The van der Waals surface area contributed by atoms with Crippen LogP contribution in [0.4, 0.5) is 0 Å². The first kappa shape index (κ1) is 14.0. The summed E-state index contributed by atoms with van der Waals surface area (Å²) in [7, 11) is 0. The number of benzene rings is 1. The molecule has 0 saturated heterocycles. The summed E-state index contributed by atoms with van der Waals surface area (Å²) >= 11 is 6.13. The van der Waals surface area contributed by atoms with Crippen molar-refractivity contribution in [3.63, 3.8) is 0 Å². The summed E-state index contributed by atoms with van der Waals surface area (Å²) in [5, 5.41) is 3.28. The predicted molar refractivity (Wildman–Crippen MR) is 72.8 cm³/mol. The van der Waals surface area contributed by atoms with Gasteiger partial charge in [0.05, 0.1) is 11.1 Å². The highest BCUT2D eigenvalue weighted by Crippen LogP contribution is 2.38. The second-order valence-electron chi connectivity index (χ2n) is 4.43. The molecule has 1 heterocycles. The van der Waals surface area contributed by atoms with E-state index in [1.807, 2.05) is 12.1 Å². The minimum Gasteiger partial charge on any atom is -0.486 e. The lowest BCUT2D eigenvalue weighted by Gasteiger charge is -2.20. The predicted octanol–water partition coefficient (Wildman–Crippen LogP) is 1.12. The number of rotatable bonds is 4. The third kappa shape index (κ3) is 3.52. The van der Waals surface area contributed by atoms with E-state index in [1.54, 1.807) is 6.92 Å². The molecule has 0 radical (unpaired) electrons. The Hall–Kier alpha value is -1.46. The van der Waals surface area contributed by atoms with Crippen molar-refractivity contribution in [1.29, 1.82) is 0 Å². The fraction of sp³-hybridized carbons (Fsp3) is 0.462. The Kier molecular flexibility index (Phi) is 4.50. The van der Waals surface area contributed by atoms with Gasteiger partial charge in [-0.15, -0.1) is 0 Å². The van der Waals surface area contributed by atoms with Crippen LogP contribution in [0.15, 0.2) is 12.1 Å². The minimum atomic E-state index is -0.496. The third-order valence-electron chi connectivity index (χ3n) is 2.78. The molecular weight excluding hydrogens is 268 g/mol. The van der Waals surface area contributed by atoms with Gasteiger partial charge in [-0.05, 0) is 31.0 Å². The number of halogens is 1. The molecule has 0 aromatic heterocycles. The van der Waals surface area contributed by atoms with Crippen LogP contribution in [0, 0.1) is 0 Å². The van der Waals surface area contributed by atoms with Crippen LogP contribution >= 0.6 is 11.6 Å². The summed E-state index contributed by atoms with van der Waals surface area (Å²) in [6.45, 7) is 3.19. The summed E-state index contributed by atoms with van der Waals surface area (Å²) in [6.07, 6.45) is 0.662. The van der Waals surface area contributed by atoms with Crippen molar-refractivity contribution in [3.05, 3.63) is 22.7 Å². The van der Waals surface area contributed by atoms with Crippen molar-refractivity contribution in [2.75, 3.05) is 19.8 Å². The number of amides is 1. The lowest BCUT2D eigenvalue weighted by molar-refractivity contribution is -0.121.